The highest BCUT2D eigenvalue weighted by atomic mass is 15.1. The number of hydrogen-bond acceptors (Lipinski definition) is 2. The summed E-state index contributed by atoms with van der Waals surface area (Å²) in [4.78, 5) is 0. The van der Waals surface area contributed by atoms with E-state index in [-0.39, 0.29) is 0 Å². The molecule has 0 atom stereocenters. The van der Waals surface area contributed by atoms with Gasteiger partial charge in [-0.05, 0) is 26.0 Å². The standard InChI is InChI=1S/C10H13N3/c1-7(2)12-9-4-3-5-10-8(9)6-11-13-10/h3-7,12H,1-2H3,(H,11,13). The van der Waals surface area contributed by atoms with E-state index in [9.17, 15) is 0 Å². The first-order valence-corrected chi connectivity index (χ1v) is 4.46. The van der Waals surface area contributed by atoms with Crippen LogP contribution in [0, 0.1) is 0 Å². The third-order valence-corrected chi connectivity index (χ3v) is 1.93. The van der Waals surface area contributed by atoms with Gasteiger partial charge in [-0.25, -0.2) is 0 Å². The quantitative estimate of drug-likeness (QED) is 0.735. The van der Waals surface area contributed by atoms with Gasteiger partial charge in [0.15, 0.2) is 0 Å². The summed E-state index contributed by atoms with van der Waals surface area (Å²) >= 11 is 0. The van der Waals surface area contributed by atoms with Crippen molar-refractivity contribution in [3.05, 3.63) is 24.4 Å². The number of nitrogens with zero attached hydrogens (tertiary/aromatic N) is 1. The van der Waals surface area contributed by atoms with Gasteiger partial charge in [-0.3, -0.25) is 5.10 Å². The maximum atomic E-state index is 4.00. The second-order valence-electron chi connectivity index (χ2n) is 3.44. The van der Waals surface area contributed by atoms with E-state index in [0.717, 1.165) is 16.6 Å². The molecule has 0 unspecified atom stereocenters. The Kier molecular flexibility index (Phi) is 1.93. The van der Waals surface area contributed by atoms with Crippen molar-refractivity contribution in [1.29, 1.82) is 0 Å². The Labute approximate surface area is 77.2 Å². The molecule has 68 valence electrons. The number of aromatic nitrogens is 2. The van der Waals surface area contributed by atoms with Gasteiger partial charge in [-0.2, -0.15) is 5.10 Å². The summed E-state index contributed by atoms with van der Waals surface area (Å²) in [5, 5.41) is 11.5. The molecule has 1 aromatic carbocycles. The Morgan fingerprint density at radius 3 is 3.00 bits per heavy atom. The number of hydrogen-bond donors (Lipinski definition) is 2. The highest BCUT2D eigenvalue weighted by molar-refractivity contribution is 5.90. The lowest BCUT2D eigenvalue weighted by Crippen LogP contribution is -2.09. The lowest BCUT2D eigenvalue weighted by molar-refractivity contribution is 0.902. The molecule has 3 heteroatoms. The average Bonchev–Trinajstić information content (AvgIpc) is 2.51. The first kappa shape index (κ1) is 8.10. The lowest BCUT2D eigenvalue weighted by atomic mass is 10.2. The molecule has 0 aliphatic carbocycles. The minimum Gasteiger partial charge on any atom is -0.382 e. The van der Waals surface area contributed by atoms with E-state index in [1.165, 1.54) is 0 Å². The third kappa shape index (κ3) is 1.49. The fourth-order valence-corrected chi connectivity index (χ4v) is 1.41. The highest BCUT2D eigenvalue weighted by Gasteiger charge is 2.02. The van der Waals surface area contributed by atoms with Crippen LogP contribution in [0.1, 0.15) is 13.8 Å². The molecular weight excluding hydrogens is 162 g/mol. The minimum atomic E-state index is 0.445. The maximum Gasteiger partial charge on any atom is 0.0671 e. The number of anilines is 1. The summed E-state index contributed by atoms with van der Waals surface area (Å²) in [7, 11) is 0. The van der Waals surface area contributed by atoms with Crippen LogP contribution in [0.5, 0.6) is 0 Å². The summed E-state index contributed by atoms with van der Waals surface area (Å²) in [6.45, 7) is 4.25. The normalized spacial score (nSPS) is 11.0. The molecule has 0 aliphatic rings. The first-order chi connectivity index (χ1) is 6.27. The van der Waals surface area contributed by atoms with Gasteiger partial charge >= 0.3 is 0 Å². The monoisotopic (exact) mass is 175 g/mol. The molecule has 0 bridgehead atoms. The van der Waals surface area contributed by atoms with E-state index < -0.39 is 0 Å². The summed E-state index contributed by atoms with van der Waals surface area (Å²) in [5.41, 5.74) is 2.21. The maximum absolute atomic E-state index is 4.00. The Bertz CT molecular complexity index is 403. The molecule has 0 amide bonds. The molecule has 3 nitrogen and oxygen atoms in total. The van der Waals surface area contributed by atoms with E-state index >= 15 is 0 Å². The number of rotatable bonds is 2. The van der Waals surface area contributed by atoms with Crippen LogP contribution in [0.15, 0.2) is 24.4 Å². The van der Waals surface area contributed by atoms with Crippen LogP contribution in [0.25, 0.3) is 10.9 Å². The van der Waals surface area contributed by atoms with Crippen LogP contribution < -0.4 is 5.32 Å². The van der Waals surface area contributed by atoms with Crippen molar-refractivity contribution in [3.8, 4) is 0 Å². The molecule has 2 aromatic rings. The van der Waals surface area contributed by atoms with Crippen LogP contribution >= 0.6 is 0 Å². The predicted octanol–water partition coefficient (Wildman–Crippen LogP) is 2.38. The molecule has 13 heavy (non-hydrogen) atoms. The van der Waals surface area contributed by atoms with Gasteiger partial charge in [0.2, 0.25) is 0 Å². The van der Waals surface area contributed by atoms with Gasteiger partial charge < -0.3 is 5.32 Å². The van der Waals surface area contributed by atoms with Crippen molar-refractivity contribution in [1.82, 2.24) is 10.2 Å². The molecule has 2 rings (SSSR count). The summed E-state index contributed by atoms with van der Waals surface area (Å²) < 4.78 is 0. The molecule has 0 aliphatic heterocycles. The predicted molar refractivity (Wildman–Crippen MR) is 54.9 cm³/mol. The second-order valence-corrected chi connectivity index (χ2v) is 3.44. The van der Waals surface area contributed by atoms with Crippen LogP contribution in [0.4, 0.5) is 5.69 Å². The molecule has 2 N–H and O–H groups in total. The average molecular weight is 175 g/mol. The fraction of sp³-hybridized carbons (Fsp3) is 0.300. The summed E-state index contributed by atoms with van der Waals surface area (Å²) in [6.07, 6.45) is 1.85. The molecular formula is C10H13N3. The van der Waals surface area contributed by atoms with Crippen LogP contribution in [-0.4, -0.2) is 16.2 Å². The number of fused-ring (bicyclic) bond motifs is 1. The van der Waals surface area contributed by atoms with Crippen LogP contribution in [-0.2, 0) is 0 Å². The van der Waals surface area contributed by atoms with E-state index in [1.807, 2.05) is 18.3 Å². The molecule has 1 heterocycles. The van der Waals surface area contributed by atoms with Gasteiger partial charge in [0.05, 0.1) is 11.7 Å². The van der Waals surface area contributed by atoms with Gasteiger partial charge in [-0.15, -0.1) is 0 Å². The first-order valence-electron chi connectivity index (χ1n) is 4.46. The highest BCUT2D eigenvalue weighted by Crippen LogP contribution is 2.21. The third-order valence-electron chi connectivity index (χ3n) is 1.93. The van der Waals surface area contributed by atoms with E-state index in [0.29, 0.717) is 6.04 Å². The second kappa shape index (κ2) is 3.09. The largest absolute Gasteiger partial charge is 0.382 e. The van der Waals surface area contributed by atoms with Crippen molar-refractivity contribution in [2.24, 2.45) is 0 Å². The van der Waals surface area contributed by atoms with Crippen LogP contribution in [0.2, 0.25) is 0 Å². The molecule has 0 radical (unpaired) electrons. The smallest absolute Gasteiger partial charge is 0.0671 e. The zero-order chi connectivity index (χ0) is 9.26. The Balaban J connectivity index is 2.48. The molecule has 0 fully saturated rings. The zero-order valence-electron chi connectivity index (χ0n) is 7.83. The number of benzene rings is 1. The van der Waals surface area contributed by atoms with Crippen molar-refractivity contribution >= 4 is 16.6 Å². The number of nitrogens with one attached hydrogen (secondary N) is 2. The molecule has 0 saturated carbocycles. The minimum absolute atomic E-state index is 0.445. The Hall–Kier alpha value is -1.51. The Morgan fingerprint density at radius 1 is 1.38 bits per heavy atom. The van der Waals surface area contributed by atoms with Gasteiger partial charge in [0.1, 0.15) is 0 Å². The van der Waals surface area contributed by atoms with E-state index in [4.69, 9.17) is 0 Å². The Morgan fingerprint density at radius 2 is 2.23 bits per heavy atom. The lowest BCUT2D eigenvalue weighted by Gasteiger charge is -2.10. The van der Waals surface area contributed by atoms with Crippen molar-refractivity contribution in [3.63, 3.8) is 0 Å². The fourth-order valence-electron chi connectivity index (χ4n) is 1.41. The van der Waals surface area contributed by atoms with Gasteiger partial charge in [0, 0.05) is 17.1 Å². The van der Waals surface area contributed by atoms with E-state index in [1.54, 1.807) is 0 Å². The number of aromatic amines is 1. The zero-order valence-corrected chi connectivity index (χ0v) is 7.83. The van der Waals surface area contributed by atoms with Crippen molar-refractivity contribution in [2.45, 2.75) is 19.9 Å². The molecule has 1 aromatic heterocycles. The van der Waals surface area contributed by atoms with Crippen molar-refractivity contribution in [2.75, 3.05) is 5.32 Å². The van der Waals surface area contributed by atoms with E-state index in [2.05, 4.69) is 35.4 Å². The van der Waals surface area contributed by atoms with Gasteiger partial charge in [-0.1, -0.05) is 6.07 Å². The molecule has 0 saturated heterocycles. The van der Waals surface area contributed by atoms with Crippen LogP contribution in [0.3, 0.4) is 0 Å². The summed E-state index contributed by atoms with van der Waals surface area (Å²) in [5.74, 6) is 0. The summed E-state index contributed by atoms with van der Waals surface area (Å²) in [6, 6.07) is 6.55. The SMILES string of the molecule is CC(C)Nc1cccc2[nH]ncc12. The van der Waals surface area contributed by atoms with Gasteiger partial charge in [0.25, 0.3) is 0 Å². The molecule has 0 spiro atoms. The topological polar surface area (TPSA) is 40.7 Å². The number of H-pyrrole nitrogens is 1. The van der Waals surface area contributed by atoms with Crippen molar-refractivity contribution < 1.29 is 0 Å².